The Morgan fingerprint density at radius 1 is 1.52 bits per heavy atom. The van der Waals surface area contributed by atoms with Crippen molar-refractivity contribution in [1.82, 2.24) is 10.3 Å². The molecule has 3 unspecified atom stereocenters. The van der Waals surface area contributed by atoms with Crippen LogP contribution in [0.25, 0.3) is 0 Å². The molecule has 4 nitrogen and oxygen atoms in total. The third kappa shape index (κ3) is 3.31. The Bertz CT molecular complexity index is 457. The van der Waals surface area contributed by atoms with Crippen molar-refractivity contribution in [1.29, 1.82) is 0 Å². The van der Waals surface area contributed by atoms with Gasteiger partial charge < -0.3 is 14.8 Å². The van der Waals surface area contributed by atoms with E-state index in [1.807, 2.05) is 5.51 Å². The quantitative estimate of drug-likeness (QED) is 0.907. The zero-order valence-electron chi connectivity index (χ0n) is 13.1. The van der Waals surface area contributed by atoms with Gasteiger partial charge in [-0.05, 0) is 38.6 Å². The molecule has 1 aromatic rings. The van der Waals surface area contributed by atoms with Gasteiger partial charge in [0.15, 0.2) is 0 Å². The van der Waals surface area contributed by atoms with Crippen LogP contribution in [0.3, 0.4) is 0 Å². The summed E-state index contributed by atoms with van der Waals surface area (Å²) >= 11 is 1.79. The first-order valence-electron chi connectivity index (χ1n) is 8.09. The average molecular weight is 310 g/mol. The monoisotopic (exact) mass is 310 g/mol. The van der Waals surface area contributed by atoms with Gasteiger partial charge in [0.25, 0.3) is 0 Å². The minimum absolute atomic E-state index is 0.0202. The molecule has 0 radical (unpaired) electrons. The van der Waals surface area contributed by atoms with Crippen LogP contribution in [0.2, 0.25) is 0 Å². The van der Waals surface area contributed by atoms with Gasteiger partial charge in [-0.1, -0.05) is 6.92 Å². The fourth-order valence-corrected chi connectivity index (χ4v) is 4.57. The number of nitrogens with zero attached hydrogens (tertiary/aromatic N) is 1. The van der Waals surface area contributed by atoms with E-state index in [-0.39, 0.29) is 5.60 Å². The number of ether oxygens (including phenoxy) is 2. The Labute approximate surface area is 131 Å². The van der Waals surface area contributed by atoms with Crippen molar-refractivity contribution < 1.29 is 9.47 Å². The summed E-state index contributed by atoms with van der Waals surface area (Å²) in [6.45, 7) is 7.88. The van der Waals surface area contributed by atoms with E-state index in [0.29, 0.717) is 12.0 Å². The van der Waals surface area contributed by atoms with Gasteiger partial charge in [0.05, 0.1) is 23.4 Å². The molecule has 1 N–H and O–H groups in total. The molecular weight excluding hydrogens is 284 g/mol. The molecule has 118 valence electrons. The maximum Gasteiger partial charge on any atom is 0.0940 e. The summed E-state index contributed by atoms with van der Waals surface area (Å²) < 4.78 is 11.7. The highest BCUT2D eigenvalue weighted by Crippen LogP contribution is 2.42. The van der Waals surface area contributed by atoms with Gasteiger partial charge in [-0.15, -0.1) is 11.3 Å². The lowest BCUT2D eigenvalue weighted by Crippen LogP contribution is -2.44. The average Bonchev–Trinajstić information content (AvgIpc) is 3.10. The molecule has 1 spiro atoms. The molecular formula is C16H26N2O2S. The van der Waals surface area contributed by atoms with Crippen molar-refractivity contribution in [2.45, 2.75) is 51.2 Å². The summed E-state index contributed by atoms with van der Waals surface area (Å²) in [5, 5.41) is 3.76. The second-order valence-corrected chi connectivity index (χ2v) is 7.21. The van der Waals surface area contributed by atoms with E-state index in [2.05, 4.69) is 24.1 Å². The first-order valence-corrected chi connectivity index (χ1v) is 8.97. The lowest BCUT2D eigenvalue weighted by atomic mass is 9.80. The topological polar surface area (TPSA) is 43.4 Å². The molecule has 0 saturated carbocycles. The van der Waals surface area contributed by atoms with Gasteiger partial charge in [0, 0.05) is 30.6 Å². The molecule has 2 fully saturated rings. The van der Waals surface area contributed by atoms with Crippen LogP contribution in [0.1, 0.15) is 49.2 Å². The third-order valence-electron chi connectivity index (χ3n) is 4.75. The number of thiazole rings is 1. The number of rotatable bonds is 5. The van der Waals surface area contributed by atoms with Crippen LogP contribution in [0.4, 0.5) is 0 Å². The number of aromatic nitrogens is 1. The second kappa shape index (κ2) is 6.73. The van der Waals surface area contributed by atoms with Gasteiger partial charge in [-0.25, -0.2) is 4.98 Å². The first kappa shape index (κ1) is 15.4. The predicted octanol–water partition coefficient (Wildman–Crippen LogP) is 3.08. The van der Waals surface area contributed by atoms with Crippen LogP contribution in [0, 0.1) is 12.8 Å². The molecule has 5 heteroatoms. The van der Waals surface area contributed by atoms with Crippen LogP contribution >= 0.6 is 11.3 Å². The van der Waals surface area contributed by atoms with Crippen molar-refractivity contribution in [3.63, 3.8) is 0 Å². The maximum atomic E-state index is 6.09. The molecule has 0 aliphatic carbocycles. The van der Waals surface area contributed by atoms with Crippen LogP contribution in [0.5, 0.6) is 0 Å². The van der Waals surface area contributed by atoms with Crippen molar-refractivity contribution in [2.24, 2.45) is 5.92 Å². The van der Waals surface area contributed by atoms with Crippen LogP contribution < -0.4 is 5.32 Å². The van der Waals surface area contributed by atoms with Gasteiger partial charge in [0.2, 0.25) is 0 Å². The second-order valence-electron chi connectivity index (χ2n) is 6.32. The van der Waals surface area contributed by atoms with Gasteiger partial charge in [-0.2, -0.15) is 0 Å². The zero-order valence-corrected chi connectivity index (χ0v) is 13.9. The van der Waals surface area contributed by atoms with Gasteiger partial charge >= 0.3 is 0 Å². The molecule has 1 aromatic heterocycles. The third-order valence-corrected chi connectivity index (χ3v) is 5.76. The Hall–Kier alpha value is -0.490. The fourth-order valence-electron chi connectivity index (χ4n) is 3.60. The molecule has 2 aliphatic rings. The lowest BCUT2D eigenvalue weighted by Gasteiger charge is -2.40. The van der Waals surface area contributed by atoms with E-state index in [9.17, 15) is 0 Å². The number of hydrogen-bond donors (Lipinski definition) is 1. The molecule has 2 saturated heterocycles. The van der Waals surface area contributed by atoms with Crippen LogP contribution in [-0.2, 0) is 9.47 Å². The molecule has 3 heterocycles. The largest absolute Gasteiger partial charge is 0.378 e. The Balaban J connectivity index is 1.77. The summed E-state index contributed by atoms with van der Waals surface area (Å²) in [5.41, 5.74) is 3.13. The number of nitrogens with one attached hydrogen (secondary N) is 1. The predicted molar refractivity (Wildman–Crippen MR) is 84.7 cm³/mol. The Morgan fingerprint density at radius 2 is 2.43 bits per heavy atom. The van der Waals surface area contributed by atoms with Crippen molar-refractivity contribution >= 4 is 11.3 Å². The SMILES string of the molecule is CCCNC(c1scnc1C)C1CCOC2(CCOC2)C1. The minimum Gasteiger partial charge on any atom is -0.378 e. The fraction of sp³-hybridized carbons (Fsp3) is 0.812. The first-order chi connectivity index (χ1) is 10.2. The zero-order chi connectivity index (χ0) is 14.7. The summed E-state index contributed by atoms with van der Waals surface area (Å²) in [6.07, 6.45) is 4.43. The van der Waals surface area contributed by atoms with Crippen LogP contribution in [0.15, 0.2) is 5.51 Å². The molecule has 2 aliphatic heterocycles. The van der Waals surface area contributed by atoms with Crippen molar-refractivity contribution in [3.05, 3.63) is 16.1 Å². The summed E-state index contributed by atoms with van der Waals surface area (Å²) in [6, 6.07) is 0.416. The summed E-state index contributed by atoms with van der Waals surface area (Å²) in [5.74, 6) is 0.617. The van der Waals surface area contributed by atoms with E-state index in [1.165, 1.54) is 10.6 Å². The summed E-state index contributed by atoms with van der Waals surface area (Å²) in [4.78, 5) is 5.86. The van der Waals surface area contributed by atoms with Crippen LogP contribution in [-0.4, -0.2) is 37.0 Å². The summed E-state index contributed by atoms with van der Waals surface area (Å²) in [7, 11) is 0. The number of aryl methyl sites for hydroxylation is 1. The minimum atomic E-state index is -0.0202. The highest BCUT2D eigenvalue weighted by atomic mass is 32.1. The van der Waals surface area contributed by atoms with Gasteiger partial charge in [-0.3, -0.25) is 0 Å². The Kier molecular flexibility index (Phi) is 4.94. The molecule has 3 rings (SSSR count). The number of hydrogen-bond acceptors (Lipinski definition) is 5. The van der Waals surface area contributed by atoms with E-state index in [1.54, 1.807) is 11.3 Å². The van der Waals surface area contributed by atoms with E-state index in [4.69, 9.17) is 9.47 Å². The highest BCUT2D eigenvalue weighted by molar-refractivity contribution is 7.09. The normalized spacial score (nSPS) is 30.9. The maximum absolute atomic E-state index is 6.09. The Morgan fingerprint density at radius 3 is 3.10 bits per heavy atom. The molecule has 0 aromatic carbocycles. The molecule has 21 heavy (non-hydrogen) atoms. The van der Waals surface area contributed by atoms with Gasteiger partial charge in [0.1, 0.15) is 0 Å². The lowest BCUT2D eigenvalue weighted by molar-refractivity contribution is -0.103. The highest BCUT2D eigenvalue weighted by Gasteiger charge is 2.43. The van der Waals surface area contributed by atoms with E-state index >= 15 is 0 Å². The standard InChI is InChI=1S/C16H26N2O2S/c1-3-6-17-14(15-12(2)18-11-21-15)13-4-7-20-16(9-13)5-8-19-10-16/h11,13-14,17H,3-10H2,1-2H3. The molecule has 3 atom stereocenters. The van der Waals surface area contributed by atoms with Crippen molar-refractivity contribution in [3.8, 4) is 0 Å². The smallest absolute Gasteiger partial charge is 0.0940 e. The molecule has 0 bridgehead atoms. The van der Waals surface area contributed by atoms with E-state index in [0.717, 1.165) is 52.0 Å². The molecule has 0 amide bonds. The van der Waals surface area contributed by atoms with E-state index < -0.39 is 0 Å². The van der Waals surface area contributed by atoms with Crippen molar-refractivity contribution in [2.75, 3.05) is 26.4 Å².